The number of carbonyl (C=O) groups is 1. The molecule has 0 atom stereocenters. The van der Waals surface area contributed by atoms with Crippen LogP contribution in [0.3, 0.4) is 0 Å². The molecule has 0 saturated carbocycles. The van der Waals surface area contributed by atoms with Gasteiger partial charge in [0.15, 0.2) is 16.8 Å². The molecule has 0 amide bonds. The van der Waals surface area contributed by atoms with Gasteiger partial charge in [0.25, 0.3) is 0 Å². The highest BCUT2D eigenvalue weighted by molar-refractivity contribution is 7.99. The summed E-state index contributed by atoms with van der Waals surface area (Å²) in [7, 11) is 0. The number of fused-ring (bicyclic) bond motifs is 1. The zero-order valence-corrected chi connectivity index (χ0v) is 16.7. The van der Waals surface area contributed by atoms with E-state index in [1.807, 2.05) is 34.9 Å². The van der Waals surface area contributed by atoms with Crippen LogP contribution in [0.1, 0.15) is 34.8 Å². The first-order valence-corrected chi connectivity index (χ1v) is 10.5. The average molecular weight is 398 g/mol. The Kier molecular flexibility index (Phi) is 5.32. The minimum Gasteiger partial charge on any atom is -0.302 e. The highest BCUT2D eigenvalue weighted by Crippen LogP contribution is 2.27. The van der Waals surface area contributed by atoms with E-state index in [2.05, 4.69) is 29.3 Å². The molecule has 3 aromatic rings. The van der Waals surface area contributed by atoms with Gasteiger partial charge in [-0.15, -0.1) is 10.2 Å². The number of nitrogens with zero attached hydrogens (tertiary/aromatic N) is 3. The van der Waals surface area contributed by atoms with E-state index in [0.29, 0.717) is 10.8 Å². The molecule has 4 nitrogen and oxygen atoms in total. The first kappa shape index (κ1) is 18.3. The van der Waals surface area contributed by atoms with Crippen molar-refractivity contribution in [2.24, 2.45) is 0 Å². The molecule has 0 N–H and O–H groups in total. The van der Waals surface area contributed by atoms with Crippen molar-refractivity contribution in [2.75, 3.05) is 5.75 Å². The van der Waals surface area contributed by atoms with Gasteiger partial charge in [0.05, 0.1) is 5.75 Å². The zero-order chi connectivity index (χ0) is 18.8. The number of aryl methyl sites for hydroxylation is 2. The van der Waals surface area contributed by atoms with Crippen molar-refractivity contribution >= 4 is 29.1 Å². The smallest absolute Gasteiger partial charge is 0.191 e. The molecule has 1 aliphatic rings. The standard InChI is InChI=1S/C21H20ClN3OS/c1-2-25-20(15-8-10-18(22)11-9-15)23-24-21(25)27-13-19(26)17-7-6-14-4-3-5-16(14)12-17/h6-12H,2-5,13H2,1H3. The van der Waals surface area contributed by atoms with Gasteiger partial charge in [-0.1, -0.05) is 35.5 Å². The lowest BCUT2D eigenvalue weighted by Crippen LogP contribution is -2.06. The Bertz CT molecular complexity index is 982. The van der Waals surface area contributed by atoms with E-state index in [1.165, 1.54) is 29.3 Å². The number of hydrogen-bond acceptors (Lipinski definition) is 4. The van der Waals surface area contributed by atoms with Crippen molar-refractivity contribution in [3.8, 4) is 11.4 Å². The van der Waals surface area contributed by atoms with Crippen LogP contribution < -0.4 is 0 Å². The number of ketones is 1. The summed E-state index contributed by atoms with van der Waals surface area (Å²) in [4.78, 5) is 12.6. The van der Waals surface area contributed by atoms with E-state index in [9.17, 15) is 4.79 Å². The first-order chi connectivity index (χ1) is 13.2. The largest absolute Gasteiger partial charge is 0.302 e. The topological polar surface area (TPSA) is 47.8 Å². The van der Waals surface area contributed by atoms with Crippen LogP contribution in [0.25, 0.3) is 11.4 Å². The summed E-state index contributed by atoms with van der Waals surface area (Å²) in [6, 6.07) is 13.7. The Balaban J connectivity index is 1.50. The van der Waals surface area contributed by atoms with Gasteiger partial charge in [0, 0.05) is 22.7 Å². The van der Waals surface area contributed by atoms with E-state index < -0.39 is 0 Å². The fraction of sp³-hybridized carbons (Fsp3) is 0.286. The third-order valence-corrected chi connectivity index (χ3v) is 6.11. The van der Waals surface area contributed by atoms with E-state index in [-0.39, 0.29) is 5.78 Å². The van der Waals surface area contributed by atoms with E-state index in [4.69, 9.17) is 11.6 Å². The molecular formula is C21H20ClN3OS. The van der Waals surface area contributed by atoms with Crippen LogP contribution in [0.2, 0.25) is 5.02 Å². The summed E-state index contributed by atoms with van der Waals surface area (Å²) in [5.74, 6) is 1.28. The van der Waals surface area contributed by atoms with Crippen molar-refractivity contribution < 1.29 is 4.79 Å². The quantitative estimate of drug-likeness (QED) is 0.429. The Morgan fingerprint density at radius 2 is 1.89 bits per heavy atom. The maximum Gasteiger partial charge on any atom is 0.191 e. The summed E-state index contributed by atoms with van der Waals surface area (Å²) in [6.45, 7) is 2.79. The first-order valence-electron chi connectivity index (χ1n) is 9.12. The van der Waals surface area contributed by atoms with Gasteiger partial charge in [-0.25, -0.2) is 0 Å². The van der Waals surface area contributed by atoms with E-state index in [0.717, 1.165) is 41.5 Å². The number of benzene rings is 2. The summed E-state index contributed by atoms with van der Waals surface area (Å²) in [5.41, 5.74) is 4.47. The second-order valence-corrected chi connectivity index (χ2v) is 7.99. The highest BCUT2D eigenvalue weighted by Gasteiger charge is 2.17. The SMILES string of the molecule is CCn1c(SCC(=O)c2ccc3c(c2)CCC3)nnc1-c1ccc(Cl)cc1. The molecule has 2 aromatic carbocycles. The minimum absolute atomic E-state index is 0.133. The monoisotopic (exact) mass is 397 g/mol. The lowest BCUT2D eigenvalue weighted by molar-refractivity contribution is 0.102. The number of rotatable bonds is 6. The number of hydrogen-bond donors (Lipinski definition) is 0. The Hall–Kier alpha value is -2.11. The normalized spacial score (nSPS) is 13.0. The number of aromatic nitrogens is 3. The molecule has 0 unspecified atom stereocenters. The third kappa shape index (κ3) is 3.80. The van der Waals surface area contributed by atoms with Crippen molar-refractivity contribution in [1.29, 1.82) is 0 Å². The summed E-state index contributed by atoms with van der Waals surface area (Å²) in [6.07, 6.45) is 3.40. The van der Waals surface area contributed by atoms with Crippen LogP contribution in [-0.4, -0.2) is 26.3 Å². The Labute approximate surface area is 168 Å². The van der Waals surface area contributed by atoms with Gasteiger partial charge in [0.2, 0.25) is 0 Å². The molecule has 0 bridgehead atoms. The molecule has 0 spiro atoms. The number of halogens is 1. The molecule has 27 heavy (non-hydrogen) atoms. The second-order valence-electron chi connectivity index (χ2n) is 6.61. The molecule has 6 heteroatoms. The molecular weight excluding hydrogens is 378 g/mol. The molecule has 0 fully saturated rings. The van der Waals surface area contributed by atoms with Crippen molar-refractivity contribution in [3.05, 3.63) is 64.2 Å². The minimum atomic E-state index is 0.133. The van der Waals surface area contributed by atoms with Crippen molar-refractivity contribution in [1.82, 2.24) is 14.8 Å². The van der Waals surface area contributed by atoms with Gasteiger partial charge in [-0.2, -0.15) is 0 Å². The number of thioether (sulfide) groups is 1. The lowest BCUT2D eigenvalue weighted by atomic mass is 10.0. The van der Waals surface area contributed by atoms with Crippen LogP contribution in [0.15, 0.2) is 47.6 Å². The third-order valence-electron chi connectivity index (χ3n) is 4.89. The summed E-state index contributed by atoms with van der Waals surface area (Å²) >= 11 is 7.41. The summed E-state index contributed by atoms with van der Waals surface area (Å²) < 4.78 is 2.03. The van der Waals surface area contributed by atoms with E-state index in [1.54, 1.807) is 0 Å². The zero-order valence-electron chi connectivity index (χ0n) is 15.1. The summed E-state index contributed by atoms with van der Waals surface area (Å²) in [5, 5.41) is 10.1. The number of Topliss-reactive ketones (excluding diaryl/α,β-unsaturated/α-hetero) is 1. The van der Waals surface area contributed by atoms with Gasteiger partial charge in [-0.05, 0) is 67.6 Å². The van der Waals surface area contributed by atoms with E-state index >= 15 is 0 Å². The van der Waals surface area contributed by atoms with Gasteiger partial charge in [-0.3, -0.25) is 4.79 Å². The lowest BCUT2D eigenvalue weighted by Gasteiger charge is -2.08. The van der Waals surface area contributed by atoms with Gasteiger partial charge < -0.3 is 4.57 Å². The van der Waals surface area contributed by atoms with Crippen molar-refractivity contribution in [2.45, 2.75) is 37.9 Å². The predicted molar refractivity (Wildman–Crippen MR) is 110 cm³/mol. The van der Waals surface area contributed by atoms with Crippen LogP contribution >= 0.6 is 23.4 Å². The average Bonchev–Trinajstić information content (AvgIpc) is 3.32. The predicted octanol–water partition coefficient (Wildman–Crippen LogP) is 5.08. The van der Waals surface area contributed by atoms with Crippen LogP contribution in [0.4, 0.5) is 0 Å². The molecule has 0 radical (unpaired) electrons. The van der Waals surface area contributed by atoms with Crippen molar-refractivity contribution in [3.63, 3.8) is 0 Å². The molecule has 4 rings (SSSR count). The Morgan fingerprint density at radius 1 is 1.11 bits per heavy atom. The molecule has 1 aliphatic carbocycles. The number of carbonyl (C=O) groups excluding carboxylic acids is 1. The fourth-order valence-corrected chi connectivity index (χ4v) is 4.47. The molecule has 1 heterocycles. The van der Waals surface area contributed by atoms with Gasteiger partial charge in [0.1, 0.15) is 0 Å². The second kappa shape index (κ2) is 7.87. The maximum atomic E-state index is 12.6. The van der Waals surface area contributed by atoms with Crippen LogP contribution in [-0.2, 0) is 19.4 Å². The van der Waals surface area contributed by atoms with Crippen LogP contribution in [0, 0.1) is 0 Å². The molecule has 1 aromatic heterocycles. The fourth-order valence-electron chi connectivity index (χ4n) is 3.45. The molecule has 138 valence electrons. The van der Waals surface area contributed by atoms with Crippen LogP contribution in [0.5, 0.6) is 0 Å². The molecule has 0 saturated heterocycles. The molecule has 0 aliphatic heterocycles. The Morgan fingerprint density at radius 3 is 2.67 bits per heavy atom. The maximum absolute atomic E-state index is 12.6. The van der Waals surface area contributed by atoms with Gasteiger partial charge >= 0.3 is 0 Å². The highest BCUT2D eigenvalue weighted by atomic mass is 35.5.